The van der Waals surface area contributed by atoms with Gasteiger partial charge in [-0.05, 0) is 44.2 Å². The van der Waals surface area contributed by atoms with E-state index in [4.69, 9.17) is 4.74 Å². The van der Waals surface area contributed by atoms with Crippen molar-refractivity contribution in [2.45, 2.75) is 55.6 Å². The van der Waals surface area contributed by atoms with Gasteiger partial charge in [-0.25, -0.2) is 8.42 Å². The van der Waals surface area contributed by atoms with Gasteiger partial charge in [0.25, 0.3) is 0 Å². The number of fused-ring (bicyclic) bond motifs is 2. The molecule has 2 atom stereocenters. The highest BCUT2D eigenvalue weighted by Crippen LogP contribution is 2.44. The van der Waals surface area contributed by atoms with Crippen LogP contribution < -0.4 is 4.74 Å². The van der Waals surface area contributed by atoms with Gasteiger partial charge in [-0.2, -0.15) is 19.3 Å². The molecule has 2 unspecified atom stereocenters. The number of methoxy groups -OCH3 is 1. The molecule has 7 nitrogen and oxygen atoms in total. The van der Waals surface area contributed by atoms with Gasteiger partial charge in [0.2, 0.25) is 10.0 Å². The summed E-state index contributed by atoms with van der Waals surface area (Å²) in [4.78, 5) is 2.07. The van der Waals surface area contributed by atoms with Crippen molar-refractivity contribution in [1.82, 2.24) is 19.3 Å². The Bertz CT molecular complexity index is 852. The van der Waals surface area contributed by atoms with Crippen molar-refractivity contribution in [3.05, 3.63) is 36.2 Å². The van der Waals surface area contributed by atoms with Gasteiger partial charge in [-0.3, -0.25) is 0 Å². The topological polar surface area (TPSA) is 77.3 Å². The lowest BCUT2D eigenvalue weighted by Gasteiger charge is -2.37. The SMILES string of the molecule is COc1ccc(C)c(S(=O)(=O)N2C3CCC2CC(n2nccn2)C3)c1. The fourth-order valence-electron chi connectivity index (χ4n) is 4.20. The van der Waals surface area contributed by atoms with Crippen LogP contribution in [0.2, 0.25) is 0 Å². The molecule has 2 aliphatic rings. The third-order valence-electron chi connectivity index (χ3n) is 5.36. The number of rotatable bonds is 4. The van der Waals surface area contributed by atoms with Crippen LogP contribution in [-0.2, 0) is 10.0 Å². The van der Waals surface area contributed by atoms with Crippen LogP contribution in [0.15, 0.2) is 35.5 Å². The number of nitrogens with zero attached hydrogens (tertiary/aromatic N) is 4. The van der Waals surface area contributed by atoms with E-state index in [0.29, 0.717) is 10.6 Å². The van der Waals surface area contributed by atoms with Crippen molar-refractivity contribution in [1.29, 1.82) is 0 Å². The highest BCUT2D eigenvalue weighted by Gasteiger charge is 2.48. The van der Waals surface area contributed by atoms with Crippen LogP contribution in [-0.4, -0.2) is 46.9 Å². The van der Waals surface area contributed by atoms with Crippen LogP contribution in [0.1, 0.15) is 37.3 Å². The summed E-state index contributed by atoms with van der Waals surface area (Å²) in [5.41, 5.74) is 0.746. The van der Waals surface area contributed by atoms with E-state index < -0.39 is 10.0 Å². The molecule has 134 valence electrons. The zero-order chi connectivity index (χ0) is 17.6. The Morgan fingerprint density at radius 3 is 2.32 bits per heavy atom. The Morgan fingerprint density at radius 1 is 1.08 bits per heavy atom. The lowest BCUT2D eigenvalue weighted by Crippen LogP contribution is -2.47. The molecule has 0 amide bonds. The number of aryl methyl sites for hydroxylation is 1. The van der Waals surface area contributed by atoms with Crippen LogP contribution >= 0.6 is 0 Å². The second-order valence-corrected chi connectivity index (χ2v) is 8.64. The van der Waals surface area contributed by atoms with Crippen LogP contribution in [0, 0.1) is 6.92 Å². The molecule has 3 heterocycles. The van der Waals surface area contributed by atoms with E-state index in [9.17, 15) is 8.42 Å². The van der Waals surface area contributed by atoms with E-state index in [2.05, 4.69) is 10.2 Å². The van der Waals surface area contributed by atoms with Gasteiger partial charge in [0.05, 0.1) is 30.4 Å². The minimum atomic E-state index is -3.55. The van der Waals surface area contributed by atoms with E-state index >= 15 is 0 Å². The Hall–Kier alpha value is -1.93. The number of sulfonamides is 1. The van der Waals surface area contributed by atoms with Crippen LogP contribution in [0.4, 0.5) is 0 Å². The first-order valence-electron chi connectivity index (χ1n) is 8.54. The highest BCUT2D eigenvalue weighted by molar-refractivity contribution is 7.89. The molecular weight excluding hydrogens is 340 g/mol. The van der Waals surface area contributed by atoms with Crippen molar-refractivity contribution in [3.8, 4) is 5.75 Å². The first kappa shape index (κ1) is 16.5. The molecule has 1 aromatic heterocycles. The summed E-state index contributed by atoms with van der Waals surface area (Å²) >= 11 is 0. The standard InChI is InChI=1S/C17H22N4O3S/c1-12-3-6-16(24-2)11-17(12)25(22,23)20-13-4-5-14(20)10-15(9-13)21-18-7-8-19-21/h3,6-8,11,13-15H,4-5,9-10H2,1-2H3. The Morgan fingerprint density at radius 2 is 1.72 bits per heavy atom. The molecule has 2 aromatic rings. The largest absolute Gasteiger partial charge is 0.497 e. The molecule has 2 saturated heterocycles. The molecule has 0 saturated carbocycles. The second-order valence-electron chi connectivity index (χ2n) is 6.83. The molecule has 0 radical (unpaired) electrons. The van der Waals surface area contributed by atoms with Crippen molar-refractivity contribution in [3.63, 3.8) is 0 Å². The molecule has 8 heteroatoms. The second kappa shape index (κ2) is 6.10. The smallest absolute Gasteiger partial charge is 0.243 e. The van der Waals surface area contributed by atoms with Gasteiger partial charge in [0.1, 0.15) is 5.75 Å². The molecular formula is C17H22N4O3S. The minimum Gasteiger partial charge on any atom is -0.497 e. The summed E-state index contributed by atoms with van der Waals surface area (Å²) in [6.45, 7) is 1.83. The van der Waals surface area contributed by atoms with Crippen LogP contribution in [0.25, 0.3) is 0 Å². The van der Waals surface area contributed by atoms with Crippen molar-refractivity contribution in [2.24, 2.45) is 0 Å². The number of hydrogen-bond donors (Lipinski definition) is 0. The van der Waals surface area contributed by atoms with Gasteiger partial charge < -0.3 is 4.74 Å². The number of hydrogen-bond acceptors (Lipinski definition) is 5. The Balaban J connectivity index is 1.66. The predicted molar refractivity (Wildman–Crippen MR) is 91.9 cm³/mol. The van der Waals surface area contributed by atoms with Gasteiger partial charge in [0.15, 0.2) is 0 Å². The van der Waals surface area contributed by atoms with Crippen molar-refractivity contribution < 1.29 is 13.2 Å². The Labute approximate surface area is 147 Å². The lowest BCUT2D eigenvalue weighted by molar-refractivity contribution is 0.174. The summed E-state index contributed by atoms with van der Waals surface area (Å²) in [5.74, 6) is 0.562. The minimum absolute atomic E-state index is 0.00495. The van der Waals surface area contributed by atoms with E-state index in [1.807, 2.05) is 6.92 Å². The molecule has 2 bridgehead atoms. The third kappa shape index (κ3) is 2.73. The van der Waals surface area contributed by atoms with Gasteiger partial charge >= 0.3 is 0 Å². The molecule has 0 aliphatic carbocycles. The van der Waals surface area contributed by atoms with E-state index in [1.165, 1.54) is 0 Å². The maximum absolute atomic E-state index is 13.4. The highest BCUT2D eigenvalue weighted by atomic mass is 32.2. The lowest BCUT2D eigenvalue weighted by atomic mass is 10.0. The normalized spacial score (nSPS) is 26.7. The molecule has 0 spiro atoms. The zero-order valence-electron chi connectivity index (χ0n) is 14.4. The first-order chi connectivity index (χ1) is 12.0. The van der Waals surface area contributed by atoms with Gasteiger partial charge in [0, 0.05) is 18.2 Å². The van der Waals surface area contributed by atoms with Crippen LogP contribution in [0.5, 0.6) is 5.75 Å². The third-order valence-corrected chi connectivity index (χ3v) is 7.50. The molecule has 4 rings (SSSR count). The summed E-state index contributed by atoms with van der Waals surface area (Å²) in [6.07, 6.45) is 6.64. The summed E-state index contributed by atoms with van der Waals surface area (Å²) in [6, 6.07) is 5.40. The fraction of sp³-hybridized carbons (Fsp3) is 0.529. The average Bonchev–Trinajstić information content (AvgIpc) is 3.22. The van der Waals surface area contributed by atoms with Crippen molar-refractivity contribution in [2.75, 3.05) is 7.11 Å². The maximum atomic E-state index is 13.4. The maximum Gasteiger partial charge on any atom is 0.243 e. The predicted octanol–water partition coefficient (Wildman–Crippen LogP) is 2.15. The fourth-order valence-corrected chi connectivity index (χ4v) is 6.33. The average molecular weight is 362 g/mol. The van der Waals surface area contributed by atoms with Gasteiger partial charge in [-0.15, -0.1) is 0 Å². The molecule has 1 aromatic carbocycles. The van der Waals surface area contributed by atoms with Crippen LogP contribution in [0.3, 0.4) is 0 Å². The Kier molecular flexibility index (Phi) is 4.04. The summed E-state index contributed by atoms with van der Waals surface area (Å²) < 4.78 is 33.7. The van der Waals surface area contributed by atoms with E-state index in [1.54, 1.807) is 46.8 Å². The monoisotopic (exact) mass is 362 g/mol. The molecule has 0 N–H and O–H groups in total. The summed E-state index contributed by atoms with van der Waals surface area (Å²) in [7, 11) is -2.00. The number of piperidine rings is 1. The van der Waals surface area contributed by atoms with E-state index in [-0.39, 0.29) is 18.1 Å². The van der Waals surface area contributed by atoms with Crippen molar-refractivity contribution >= 4 is 10.0 Å². The van der Waals surface area contributed by atoms with Gasteiger partial charge in [-0.1, -0.05) is 6.07 Å². The molecule has 25 heavy (non-hydrogen) atoms. The zero-order valence-corrected chi connectivity index (χ0v) is 15.2. The van der Waals surface area contributed by atoms with E-state index in [0.717, 1.165) is 31.2 Å². The first-order valence-corrected chi connectivity index (χ1v) is 9.98. The molecule has 2 aliphatic heterocycles. The number of aromatic nitrogens is 3. The summed E-state index contributed by atoms with van der Waals surface area (Å²) in [5, 5.41) is 8.48. The number of ether oxygens (including phenoxy) is 1. The molecule has 2 fully saturated rings. The quantitative estimate of drug-likeness (QED) is 0.833. The number of benzene rings is 1.